The third-order valence-corrected chi connectivity index (χ3v) is 3.20. The molecule has 116 valence electrons. The van der Waals surface area contributed by atoms with Crippen LogP contribution in [-0.4, -0.2) is 20.9 Å². The lowest BCUT2D eigenvalue weighted by molar-refractivity contribution is 0.101. The van der Waals surface area contributed by atoms with Crippen molar-refractivity contribution in [3.05, 3.63) is 83.6 Å². The van der Waals surface area contributed by atoms with E-state index in [4.69, 9.17) is 4.42 Å². The highest BCUT2D eigenvalue weighted by Crippen LogP contribution is 2.16. The first-order chi connectivity index (χ1) is 11.1. The zero-order chi connectivity index (χ0) is 16.2. The van der Waals surface area contributed by atoms with Crippen molar-refractivity contribution in [1.29, 1.82) is 0 Å². The number of carbonyl (C=O) groups excluding carboxylic acids is 1. The Bertz CT molecular complexity index is 833. The van der Waals surface area contributed by atoms with E-state index >= 15 is 0 Å². The van der Waals surface area contributed by atoms with Gasteiger partial charge in [0.15, 0.2) is 17.3 Å². The van der Waals surface area contributed by atoms with E-state index in [0.29, 0.717) is 12.2 Å². The van der Waals surface area contributed by atoms with Crippen molar-refractivity contribution < 1.29 is 18.7 Å². The average molecular weight is 312 g/mol. The second kappa shape index (κ2) is 6.31. The lowest BCUT2D eigenvalue weighted by Gasteiger charge is -1.98. The number of allylic oxidation sites excluding steroid dienone is 1. The number of aromatic amines is 1. The van der Waals surface area contributed by atoms with Crippen molar-refractivity contribution in [2.24, 2.45) is 0 Å². The number of ketones is 1. The van der Waals surface area contributed by atoms with Gasteiger partial charge in [0.25, 0.3) is 0 Å². The Morgan fingerprint density at radius 3 is 2.74 bits per heavy atom. The van der Waals surface area contributed by atoms with Gasteiger partial charge in [0.2, 0.25) is 5.78 Å². The third-order valence-electron chi connectivity index (χ3n) is 3.20. The minimum atomic E-state index is -0.468. The van der Waals surface area contributed by atoms with E-state index in [2.05, 4.69) is 9.97 Å². The Hall–Kier alpha value is -3.15. The molecule has 0 aliphatic heterocycles. The highest BCUT2D eigenvalue weighted by molar-refractivity contribution is 6.05. The molecule has 2 heterocycles. The average Bonchev–Trinajstić information content (AvgIpc) is 3.21. The Balaban J connectivity index is 1.72. The van der Waals surface area contributed by atoms with Crippen LogP contribution in [0.4, 0.5) is 4.39 Å². The van der Waals surface area contributed by atoms with Crippen LogP contribution in [0, 0.1) is 5.82 Å². The molecule has 2 aromatic heterocycles. The van der Waals surface area contributed by atoms with E-state index in [9.17, 15) is 14.3 Å². The molecule has 3 rings (SSSR count). The molecular weight excluding hydrogens is 299 g/mol. The summed E-state index contributed by atoms with van der Waals surface area (Å²) >= 11 is 0. The summed E-state index contributed by atoms with van der Waals surface area (Å²) in [6.07, 6.45) is 4.50. The van der Waals surface area contributed by atoms with Gasteiger partial charge in [0.1, 0.15) is 11.6 Å². The summed E-state index contributed by atoms with van der Waals surface area (Å²) < 4.78 is 18.3. The molecule has 0 saturated heterocycles. The van der Waals surface area contributed by atoms with E-state index in [1.165, 1.54) is 30.6 Å². The van der Waals surface area contributed by atoms with Crippen LogP contribution >= 0.6 is 0 Å². The van der Waals surface area contributed by atoms with Crippen LogP contribution in [0.5, 0.6) is 0 Å². The highest BCUT2D eigenvalue weighted by atomic mass is 19.1. The highest BCUT2D eigenvalue weighted by Gasteiger charge is 2.12. The monoisotopic (exact) mass is 312 g/mol. The molecular formula is C17H13FN2O3. The van der Waals surface area contributed by atoms with Gasteiger partial charge < -0.3 is 14.5 Å². The molecule has 0 saturated carbocycles. The Labute approximate surface area is 131 Å². The van der Waals surface area contributed by atoms with Gasteiger partial charge in [0, 0.05) is 24.9 Å². The largest absolute Gasteiger partial charge is 0.504 e. The number of hydrogen-bond acceptors (Lipinski definition) is 4. The van der Waals surface area contributed by atoms with Gasteiger partial charge in [-0.05, 0) is 29.8 Å². The van der Waals surface area contributed by atoms with Gasteiger partial charge in [-0.2, -0.15) is 0 Å². The SMILES string of the molecule is O=C(/C=C(\O)c1ncc[nH]1)c1ccc(Cc2ccc(F)cc2)o1. The van der Waals surface area contributed by atoms with Crippen molar-refractivity contribution in [3.63, 3.8) is 0 Å². The van der Waals surface area contributed by atoms with Crippen LogP contribution in [-0.2, 0) is 6.42 Å². The van der Waals surface area contributed by atoms with Gasteiger partial charge in [-0.15, -0.1) is 0 Å². The molecule has 3 aromatic rings. The molecule has 0 radical (unpaired) electrons. The molecule has 0 atom stereocenters. The molecule has 1 aromatic carbocycles. The number of aromatic nitrogens is 2. The number of benzene rings is 1. The number of imidazole rings is 1. The first-order valence-corrected chi connectivity index (χ1v) is 6.90. The standard InChI is InChI=1S/C17H13FN2O3/c18-12-3-1-11(2-4-12)9-13-5-6-16(23-13)14(21)10-15(22)17-19-7-8-20-17/h1-8,10,22H,9H2,(H,19,20)/b15-10-. The van der Waals surface area contributed by atoms with Crippen LogP contribution < -0.4 is 0 Å². The van der Waals surface area contributed by atoms with Crippen molar-refractivity contribution in [2.45, 2.75) is 6.42 Å². The summed E-state index contributed by atoms with van der Waals surface area (Å²) in [5, 5.41) is 9.78. The predicted molar refractivity (Wildman–Crippen MR) is 81.4 cm³/mol. The summed E-state index contributed by atoms with van der Waals surface area (Å²) in [6, 6.07) is 9.26. The molecule has 5 nitrogen and oxygen atoms in total. The van der Waals surface area contributed by atoms with Crippen LogP contribution in [0.1, 0.15) is 27.7 Å². The van der Waals surface area contributed by atoms with Crippen LogP contribution in [0.25, 0.3) is 5.76 Å². The van der Waals surface area contributed by atoms with Gasteiger partial charge in [-0.25, -0.2) is 9.37 Å². The quantitative estimate of drug-likeness (QED) is 0.429. The van der Waals surface area contributed by atoms with Crippen LogP contribution in [0.3, 0.4) is 0 Å². The molecule has 0 unspecified atom stereocenters. The molecule has 6 heteroatoms. The molecule has 23 heavy (non-hydrogen) atoms. The molecule has 0 fully saturated rings. The van der Waals surface area contributed by atoms with E-state index in [-0.39, 0.29) is 23.2 Å². The number of furan rings is 1. The maximum Gasteiger partial charge on any atom is 0.224 e. The lowest BCUT2D eigenvalue weighted by Crippen LogP contribution is -1.96. The fourth-order valence-electron chi connectivity index (χ4n) is 2.08. The molecule has 0 spiro atoms. The minimum absolute atomic E-state index is 0.111. The molecule has 0 aliphatic rings. The number of aliphatic hydroxyl groups excluding tert-OH is 1. The maximum atomic E-state index is 12.9. The van der Waals surface area contributed by atoms with E-state index in [1.54, 1.807) is 18.2 Å². The van der Waals surface area contributed by atoms with Crippen LogP contribution in [0.15, 0.2) is 59.3 Å². The van der Waals surface area contributed by atoms with Gasteiger partial charge in [-0.3, -0.25) is 4.79 Å². The third kappa shape index (κ3) is 3.55. The number of H-pyrrole nitrogens is 1. The lowest BCUT2D eigenvalue weighted by atomic mass is 10.1. The molecule has 0 amide bonds. The molecule has 2 N–H and O–H groups in total. The Morgan fingerprint density at radius 2 is 2.04 bits per heavy atom. The number of aliphatic hydroxyl groups is 1. The number of rotatable bonds is 5. The summed E-state index contributed by atoms with van der Waals surface area (Å²) in [5.74, 6) is -0.147. The molecule has 0 aliphatic carbocycles. The van der Waals surface area contributed by atoms with Crippen molar-refractivity contribution >= 4 is 11.5 Å². The fraction of sp³-hybridized carbons (Fsp3) is 0.0588. The normalized spacial score (nSPS) is 11.6. The number of halogens is 1. The summed E-state index contributed by atoms with van der Waals surface area (Å²) in [6.45, 7) is 0. The summed E-state index contributed by atoms with van der Waals surface area (Å²) in [4.78, 5) is 18.6. The maximum absolute atomic E-state index is 12.9. The van der Waals surface area contributed by atoms with E-state index in [0.717, 1.165) is 11.6 Å². The first kappa shape index (κ1) is 14.8. The zero-order valence-corrected chi connectivity index (χ0v) is 12.0. The fourth-order valence-corrected chi connectivity index (χ4v) is 2.08. The van der Waals surface area contributed by atoms with E-state index in [1.807, 2.05) is 0 Å². The van der Waals surface area contributed by atoms with Gasteiger partial charge in [0.05, 0.1) is 0 Å². The number of nitrogens with zero attached hydrogens (tertiary/aromatic N) is 1. The van der Waals surface area contributed by atoms with Crippen molar-refractivity contribution in [3.8, 4) is 0 Å². The first-order valence-electron chi connectivity index (χ1n) is 6.90. The summed E-state index contributed by atoms with van der Waals surface area (Å²) in [5.41, 5.74) is 0.869. The second-order valence-electron chi connectivity index (χ2n) is 4.90. The number of nitrogens with one attached hydrogen (secondary N) is 1. The molecule has 0 bridgehead atoms. The Kier molecular flexibility index (Phi) is 4.05. The van der Waals surface area contributed by atoms with Crippen LogP contribution in [0.2, 0.25) is 0 Å². The van der Waals surface area contributed by atoms with Crippen molar-refractivity contribution in [2.75, 3.05) is 0 Å². The van der Waals surface area contributed by atoms with Gasteiger partial charge in [-0.1, -0.05) is 12.1 Å². The Morgan fingerprint density at radius 1 is 1.26 bits per heavy atom. The van der Waals surface area contributed by atoms with Crippen molar-refractivity contribution in [1.82, 2.24) is 9.97 Å². The zero-order valence-electron chi connectivity index (χ0n) is 12.0. The second-order valence-corrected chi connectivity index (χ2v) is 4.90. The number of carbonyl (C=O) groups is 1. The summed E-state index contributed by atoms with van der Waals surface area (Å²) in [7, 11) is 0. The number of hydrogen-bond donors (Lipinski definition) is 2. The smallest absolute Gasteiger partial charge is 0.224 e. The minimum Gasteiger partial charge on any atom is -0.504 e. The van der Waals surface area contributed by atoms with E-state index < -0.39 is 5.78 Å². The van der Waals surface area contributed by atoms with Gasteiger partial charge >= 0.3 is 0 Å². The topological polar surface area (TPSA) is 79.1 Å². The predicted octanol–water partition coefficient (Wildman–Crippen LogP) is 3.51.